The fourth-order valence-electron chi connectivity index (χ4n) is 2.58. The zero-order chi connectivity index (χ0) is 17.6. The van der Waals surface area contributed by atoms with Crippen LogP contribution in [0.5, 0.6) is 0 Å². The van der Waals surface area contributed by atoms with Crippen molar-refractivity contribution in [3.8, 4) is 17.0 Å². The molecule has 0 aliphatic rings. The summed E-state index contributed by atoms with van der Waals surface area (Å²) in [6, 6.07) is 12.1. The van der Waals surface area contributed by atoms with Crippen molar-refractivity contribution >= 4 is 5.91 Å². The molecule has 3 rings (SSSR count). The van der Waals surface area contributed by atoms with Gasteiger partial charge >= 0.3 is 0 Å². The minimum Gasteiger partial charge on any atom is -0.438 e. The second-order valence-electron chi connectivity index (χ2n) is 5.76. The molecule has 2 heterocycles. The average molecular weight is 335 g/mol. The van der Waals surface area contributed by atoms with E-state index in [0.29, 0.717) is 18.7 Å². The molecule has 5 nitrogen and oxygen atoms in total. The summed E-state index contributed by atoms with van der Waals surface area (Å²) >= 11 is 0. The number of amides is 1. The van der Waals surface area contributed by atoms with Crippen LogP contribution in [0.2, 0.25) is 0 Å². The molecule has 128 valence electrons. The number of rotatable bonds is 7. The first-order valence-corrected chi connectivity index (χ1v) is 8.25. The summed E-state index contributed by atoms with van der Waals surface area (Å²) < 4.78 is 7.88. The van der Waals surface area contributed by atoms with E-state index in [1.807, 2.05) is 60.3 Å². The Kier molecular flexibility index (Phi) is 5.14. The summed E-state index contributed by atoms with van der Waals surface area (Å²) in [5.74, 6) is 1.21. The largest absolute Gasteiger partial charge is 0.438 e. The number of aryl methyl sites for hydroxylation is 1. The van der Waals surface area contributed by atoms with E-state index in [0.717, 1.165) is 22.7 Å². The third-order valence-corrected chi connectivity index (χ3v) is 3.89. The first-order valence-electron chi connectivity index (χ1n) is 8.25. The molecular formula is C20H21N3O2. The van der Waals surface area contributed by atoms with Crippen LogP contribution in [-0.2, 0) is 11.3 Å². The SMILES string of the molecule is C=CCCC(=O)NCc1nc(C)c(-c2ccc(-n3cccc3)cc2)o1. The molecule has 0 saturated carbocycles. The molecule has 1 N–H and O–H groups in total. The molecule has 0 atom stereocenters. The Bertz CT molecular complexity index is 846. The van der Waals surface area contributed by atoms with Gasteiger partial charge in [-0.05, 0) is 49.7 Å². The van der Waals surface area contributed by atoms with Gasteiger partial charge in [-0.15, -0.1) is 6.58 Å². The van der Waals surface area contributed by atoms with Crippen LogP contribution in [0.4, 0.5) is 0 Å². The summed E-state index contributed by atoms with van der Waals surface area (Å²) in [6.07, 6.45) is 6.82. The molecule has 25 heavy (non-hydrogen) atoms. The summed E-state index contributed by atoms with van der Waals surface area (Å²) in [7, 11) is 0. The number of nitrogens with one attached hydrogen (secondary N) is 1. The highest BCUT2D eigenvalue weighted by Crippen LogP contribution is 2.25. The van der Waals surface area contributed by atoms with Crippen molar-refractivity contribution in [1.82, 2.24) is 14.9 Å². The van der Waals surface area contributed by atoms with Crippen LogP contribution in [0.15, 0.2) is 65.9 Å². The van der Waals surface area contributed by atoms with Gasteiger partial charge in [0.25, 0.3) is 0 Å². The summed E-state index contributed by atoms with van der Waals surface area (Å²) in [4.78, 5) is 16.1. The van der Waals surface area contributed by atoms with Crippen LogP contribution in [0, 0.1) is 6.92 Å². The zero-order valence-electron chi connectivity index (χ0n) is 14.2. The molecule has 0 unspecified atom stereocenters. The number of hydrogen-bond donors (Lipinski definition) is 1. The van der Waals surface area contributed by atoms with E-state index in [1.54, 1.807) is 6.08 Å². The molecule has 1 aromatic carbocycles. The van der Waals surface area contributed by atoms with Gasteiger partial charge in [0.2, 0.25) is 11.8 Å². The number of carbonyl (C=O) groups excluding carboxylic acids is 1. The quantitative estimate of drug-likeness (QED) is 0.663. The molecule has 0 aliphatic heterocycles. The van der Waals surface area contributed by atoms with Crippen LogP contribution < -0.4 is 5.32 Å². The first-order chi connectivity index (χ1) is 12.2. The number of benzene rings is 1. The van der Waals surface area contributed by atoms with E-state index in [2.05, 4.69) is 16.9 Å². The lowest BCUT2D eigenvalue weighted by Gasteiger charge is -2.04. The van der Waals surface area contributed by atoms with Crippen molar-refractivity contribution in [2.75, 3.05) is 0 Å². The van der Waals surface area contributed by atoms with E-state index in [4.69, 9.17) is 4.42 Å². The van der Waals surface area contributed by atoms with Gasteiger partial charge in [-0.2, -0.15) is 0 Å². The third kappa shape index (κ3) is 4.07. The van der Waals surface area contributed by atoms with Gasteiger partial charge in [0.05, 0.1) is 12.2 Å². The monoisotopic (exact) mass is 335 g/mol. The molecule has 5 heteroatoms. The lowest BCUT2D eigenvalue weighted by Crippen LogP contribution is -2.22. The van der Waals surface area contributed by atoms with Crippen LogP contribution in [0.3, 0.4) is 0 Å². The van der Waals surface area contributed by atoms with Crippen molar-refractivity contribution in [1.29, 1.82) is 0 Å². The normalized spacial score (nSPS) is 10.6. The summed E-state index contributed by atoms with van der Waals surface area (Å²) in [6.45, 7) is 5.80. The third-order valence-electron chi connectivity index (χ3n) is 3.89. The van der Waals surface area contributed by atoms with Gasteiger partial charge in [0, 0.05) is 30.1 Å². The summed E-state index contributed by atoms with van der Waals surface area (Å²) in [5.41, 5.74) is 2.86. The molecular weight excluding hydrogens is 314 g/mol. The maximum absolute atomic E-state index is 11.7. The number of oxazole rings is 1. The van der Waals surface area contributed by atoms with Crippen LogP contribution in [-0.4, -0.2) is 15.5 Å². The second-order valence-corrected chi connectivity index (χ2v) is 5.76. The number of nitrogens with zero attached hydrogens (tertiary/aromatic N) is 2. The van der Waals surface area contributed by atoms with Gasteiger partial charge in [-0.3, -0.25) is 4.79 Å². The molecule has 0 radical (unpaired) electrons. The van der Waals surface area contributed by atoms with Gasteiger partial charge in [-0.1, -0.05) is 6.08 Å². The molecule has 0 bridgehead atoms. The van der Waals surface area contributed by atoms with Gasteiger partial charge in [0.15, 0.2) is 5.76 Å². The van der Waals surface area contributed by atoms with Gasteiger partial charge < -0.3 is 14.3 Å². The predicted octanol–water partition coefficient (Wildman–Crippen LogP) is 4.02. The molecule has 3 aromatic rings. The maximum Gasteiger partial charge on any atom is 0.220 e. The number of allylic oxidation sites excluding steroid dienone is 1. The van der Waals surface area contributed by atoms with Gasteiger partial charge in [0.1, 0.15) is 0 Å². The Balaban J connectivity index is 1.69. The number of carbonyl (C=O) groups is 1. The van der Waals surface area contributed by atoms with E-state index in [1.165, 1.54) is 0 Å². The number of aromatic nitrogens is 2. The Morgan fingerprint density at radius 1 is 1.28 bits per heavy atom. The molecule has 0 aliphatic carbocycles. The number of hydrogen-bond acceptors (Lipinski definition) is 3. The van der Waals surface area contributed by atoms with E-state index in [-0.39, 0.29) is 12.5 Å². The molecule has 0 spiro atoms. The Morgan fingerprint density at radius 3 is 2.68 bits per heavy atom. The fraction of sp³-hybridized carbons (Fsp3) is 0.200. The topological polar surface area (TPSA) is 60.1 Å². The maximum atomic E-state index is 11.7. The van der Waals surface area contributed by atoms with Crippen LogP contribution in [0.25, 0.3) is 17.0 Å². The Hall–Kier alpha value is -3.08. The van der Waals surface area contributed by atoms with E-state index >= 15 is 0 Å². The Morgan fingerprint density at radius 2 is 2.00 bits per heavy atom. The first kappa shape index (κ1) is 16.8. The van der Waals surface area contributed by atoms with Crippen molar-refractivity contribution in [3.05, 3.63) is 73.0 Å². The van der Waals surface area contributed by atoms with E-state index in [9.17, 15) is 4.79 Å². The molecule has 0 fully saturated rings. The lowest BCUT2D eigenvalue weighted by molar-refractivity contribution is -0.121. The zero-order valence-corrected chi connectivity index (χ0v) is 14.2. The highest BCUT2D eigenvalue weighted by molar-refractivity contribution is 5.75. The van der Waals surface area contributed by atoms with E-state index < -0.39 is 0 Å². The minimum atomic E-state index is -0.0339. The Labute approximate surface area is 147 Å². The van der Waals surface area contributed by atoms with Crippen LogP contribution in [0.1, 0.15) is 24.4 Å². The van der Waals surface area contributed by atoms with Crippen LogP contribution >= 0.6 is 0 Å². The highest BCUT2D eigenvalue weighted by atomic mass is 16.4. The van der Waals surface area contributed by atoms with Crippen molar-refractivity contribution < 1.29 is 9.21 Å². The highest BCUT2D eigenvalue weighted by Gasteiger charge is 2.12. The smallest absolute Gasteiger partial charge is 0.220 e. The average Bonchev–Trinajstić information content (AvgIpc) is 3.28. The molecule has 0 saturated heterocycles. The molecule has 1 amide bonds. The van der Waals surface area contributed by atoms with Gasteiger partial charge in [-0.25, -0.2) is 4.98 Å². The molecule has 2 aromatic heterocycles. The van der Waals surface area contributed by atoms with Crippen molar-refractivity contribution in [2.24, 2.45) is 0 Å². The predicted molar refractivity (Wildman–Crippen MR) is 97.3 cm³/mol. The summed E-state index contributed by atoms with van der Waals surface area (Å²) in [5, 5.41) is 2.81. The van der Waals surface area contributed by atoms with Crippen molar-refractivity contribution in [3.63, 3.8) is 0 Å². The minimum absolute atomic E-state index is 0.0339. The second kappa shape index (κ2) is 7.66. The lowest BCUT2D eigenvalue weighted by atomic mass is 10.1. The van der Waals surface area contributed by atoms with Crippen molar-refractivity contribution in [2.45, 2.75) is 26.3 Å². The standard InChI is InChI=1S/C20H21N3O2/c1-3-4-7-18(24)21-14-19-22-15(2)20(25-19)16-8-10-17(11-9-16)23-12-5-6-13-23/h3,5-6,8-13H,1,4,7,14H2,2H3,(H,21,24). The fourth-order valence-corrected chi connectivity index (χ4v) is 2.58.